The van der Waals surface area contributed by atoms with Gasteiger partial charge in [0.25, 0.3) is 0 Å². The summed E-state index contributed by atoms with van der Waals surface area (Å²) in [7, 11) is 0. The third-order valence-electron chi connectivity index (χ3n) is 2.69. The van der Waals surface area contributed by atoms with Crippen LogP contribution in [0.4, 0.5) is 8.78 Å². The molecular formula is C14H12ClF2N. The summed E-state index contributed by atoms with van der Waals surface area (Å²) in [5.41, 5.74) is 7.62. The van der Waals surface area contributed by atoms with E-state index in [1.165, 1.54) is 12.1 Å². The van der Waals surface area contributed by atoms with Crippen LogP contribution in [0.25, 0.3) is 11.1 Å². The highest BCUT2D eigenvalue weighted by Gasteiger charge is 2.09. The lowest BCUT2D eigenvalue weighted by Gasteiger charge is -2.10. The molecule has 0 spiro atoms. The van der Waals surface area contributed by atoms with Crippen LogP contribution in [0.15, 0.2) is 36.4 Å². The minimum atomic E-state index is -0.632. The third kappa shape index (κ3) is 2.68. The molecule has 1 unspecified atom stereocenters. The molecule has 2 N–H and O–H groups in total. The van der Waals surface area contributed by atoms with Gasteiger partial charge in [0, 0.05) is 22.7 Å². The zero-order valence-electron chi connectivity index (χ0n) is 9.75. The molecule has 0 aromatic heterocycles. The van der Waals surface area contributed by atoms with Gasteiger partial charge in [-0.05, 0) is 42.3 Å². The maximum atomic E-state index is 13.2. The standard InChI is InChI=1S/C14H12ClF2N/c1-8(18)9-2-3-14(15)13(6-9)10-4-11(16)7-12(17)5-10/h2-8H,18H2,1H3. The van der Waals surface area contributed by atoms with Gasteiger partial charge in [-0.15, -0.1) is 0 Å². The van der Waals surface area contributed by atoms with Crippen LogP contribution >= 0.6 is 11.6 Å². The first-order chi connectivity index (χ1) is 8.47. The summed E-state index contributed by atoms with van der Waals surface area (Å²) >= 11 is 6.05. The second-order valence-electron chi connectivity index (χ2n) is 4.19. The molecule has 0 radical (unpaired) electrons. The van der Waals surface area contributed by atoms with Crippen molar-refractivity contribution in [2.24, 2.45) is 5.73 Å². The molecule has 2 aromatic rings. The molecule has 0 bridgehead atoms. The predicted molar refractivity (Wildman–Crippen MR) is 69.4 cm³/mol. The van der Waals surface area contributed by atoms with Gasteiger partial charge in [0.05, 0.1) is 0 Å². The number of halogens is 3. The van der Waals surface area contributed by atoms with Gasteiger partial charge in [-0.1, -0.05) is 17.7 Å². The van der Waals surface area contributed by atoms with Crippen molar-refractivity contribution in [3.8, 4) is 11.1 Å². The first-order valence-electron chi connectivity index (χ1n) is 5.49. The fraction of sp³-hybridized carbons (Fsp3) is 0.143. The van der Waals surface area contributed by atoms with E-state index in [9.17, 15) is 8.78 Å². The Morgan fingerprint density at radius 2 is 1.67 bits per heavy atom. The average molecular weight is 268 g/mol. The van der Waals surface area contributed by atoms with E-state index in [-0.39, 0.29) is 6.04 Å². The maximum absolute atomic E-state index is 13.2. The summed E-state index contributed by atoms with van der Waals surface area (Å²) in [5.74, 6) is -1.26. The molecule has 18 heavy (non-hydrogen) atoms. The SMILES string of the molecule is CC(N)c1ccc(Cl)c(-c2cc(F)cc(F)c2)c1. The monoisotopic (exact) mass is 267 g/mol. The van der Waals surface area contributed by atoms with Crippen LogP contribution in [0.5, 0.6) is 0 Å². The van der Waals surface area contributed by atoms with Gasteiger partial charge in [-0.25, -0.2) is 8.78 Å². The van der Waals surface area contributed by atoms with Crippen molar-refractivity contribution in [2.75, 3.05) is 0 Å². The van der Waals surface area contributed by atoms with Crippen molar-refractivity contribution in [3.05, 3.63) is 58.6 Å². The topological polar surface area (TPSA) is 26.0 Å². The zero-order chi connectivity index (χ0) is 13.3. The summed E-state index contributed by atoms with van der Waals surface area (Å²) in [4.78, 5) is 0. The van der Waals surface area contributed by atoms with E-state index in [4.69, 9.17) is 17.3 Å². The zero-order valence-corrected chi connectivity index (χ0v) is 10.5. The first-order valence-corrected chi connectivity index (χ1v) is 5.86. The van der Waals surface area contributed by atoms with Gasteiger partial charge in [-0.3, -0.25) is 0 Å². The molecule has 0 amide bonds. The predicted octanol–water partition coefficient (Wildman–Crippen LogP) is 4.30. The van der Waals surface area contributed by atoms with Crippen molar-refractivity contribution >= 4 is 11.6 Å². The summed E-state index contributed by atoms with van der Waals surface area (Å²) in [6.07, 6.45) is 0. The number of benzene rings is 2. The molecule has 0 aliphatic rings. The quantitative estimate of drug-likeness (QED) is 0.862. The number of hydrogen-bond acceptors (Lipinski definition) is 1. The number of hydrogen-bond donors (Lipinski definition) is 1. The molecule has 0 fully saturated rings. The van der Waals surface area contributed by atoms with Crippen molar-refractivity contribution in [3.63, 3.8) is 0 Å². The van der Waals surface area contributed by atoms with E-state index < -0.39 is 11.6 Å². The summed E-state index contributed by atoms with van der Waals surface area (Å²) in [6.45, 7) is 1.83. The molecule has 2 rings (SSSR count). The lowest BCUT2D eigenvalue weighted by molar-refractivity contribution is 0.584. The molecule has 0 aliphatic carbocycles. The Balaban J connectivity index is 2.58. The van der Waals surface area contributed by atoms with Crippen LogP contribution in [0, 0.1) is 11.6 Å². The molecule has 0 aliphatic heterocycles. The fourth-order valence-corrected chi connectivity index (χ4v) is 1.98. The van der Waals surface area contributed by atoms with Crippen LogP contribution in [-0.4, -0.2) is 0 Å². The highest BCUT2D eigenvalue weighted by atomic mass is 35.5. The Bertz CT molecular complexity index is 562. The van der Waals surface area contributed by atoms with Crippen LogP contribution < -0.4 is 5.73 Å². The first kappa shape index (κ1) is 13.0. The van der Waals surface area contributed by atoms with Crippen molar-refractivity contribution < 1.29 is 8.78 Å². The van der Waals surface area contributed by atoms with E-state index in [1.807, 2.05) is 6.92 Å². The second kappa shape index (κ2) is 5.04. The molecule has 0 saturated carbocycles. The smallest absolute Gasteiger partial charge is 0.126 e. The maximum Gasteiger partial charge on any atom is 0.126 e. The van der Waals surface area contributed by atoms with E-state index >= 15 is 0 Å². The minimum absolute atomic E-state index is 0.167. The molecular weight excluding hydrogens is 256 g/mol. The van der Waals surface area contributed by atoms with Gasteiger partial charge in [0.1, 0.15) is 11.6 Å². The van der Waals surface area contributed by atoms with Crippen LogP contribution in [0.1, 0.15) is 18.5 Å². The molecule has 94 valence electrons. The fourth-order valence-electron chi connectivity index (χ4n) is 1.76. The van der Waals surface area contributed by atoms with E-state index in [1.54, 1.807) is 18.2 Å². The summed E-state index contributed by atoms with van der Waals surface area (Å²) < 4.78 is 26.4. The average Bonchev–Trinajstić information content (AvgIpc) is 2.27. The highest BCUT2D eigenvalue weighted by molar-refractivity contribution is 6.33. The Morgan fingerprint density at radius 3 is 2.22 bits per heavy atom. The number of rotatable bonds is 2. The molecule has 4 heteroatoms. The van der Waals surface area contributed by atoms with Crippen LogP contribution in [-0.2, 0) is 0 Å². The van der Waals surface area contributed by atoms with E-state index in [0.717, 1.165) is 11.6 Å². The molecule has 1 atom stereocenters. The van der Waals surface area contributed by atoms with Crippen molar-refractivity contribution in [2.45, 2.75) is 13.0 Å². The molecule has 0 heterocycles. The van der Waals surface area contributed by atoms with E-state index in [2.05, 4.69) is 0 Å². The largest absolute Gasteiger partial charge is 0.324 e. The van der Waals surface area contributed by atoms with Gasteiger partial charge in [0.2, 0.25) is 0 Å². The van der Waals surface area contributed by atoms with Gasteiger partial charge >= 0.3 is 0 Å². The summed E-state index contributed by atoms with van der Waals surface area (Å²) in [5, 5.41) is 0.435. The Labute approximate surface area is 109 Å². The van der Waals surface area contributed by atoms with E-state index in [0.29, 0.717) is 16.1 Å². The Morgan fingerprint density at radius 1 is 1.06 bits per heavy atom. The summed E-state index contributed by atoms with van der Waals surface area (Å²) in [6, 6.07) is 8.38. The van der Waals surface area contributed by atoms with Gasteiger partial charge < -0.3 is 5.73 Å². The van der Waals surface area contributed by atoms with Crippen LogP contribution in [0.3, 0.4) is 0 Å². The van der Waals surface area contributed by atoms with Gasteiger partial charge in [-0.2, -0.15) is 0 Å². The molecule has 1 nitrogen and oxygen atoms in total. The molecule has 0 saturated heterocycles. The highest BCUT2D eigenvalue weighted by Crippen LogP contribution is 2.31. The third-order valence-corrected chi connectivity index (χ3v) is 3.02. The lowest BCUT2D eigenvalue weighted by Crippen LogP contribution is -2.04. The normalized spacial score (nSPS) is 12.5. The number of nitrogens with two attached hydrogens (primary N) is 1. The minimum Gasteiger partial charge on any atom is -0.324 e. The van der Waals surface area contributed by atoms with Crippen molar-refractivity contribution in [1.82, 2.24) is 0 Å². The molecule has 2 aromatic carbocycles. The van der Waals surface area contributed by atoms with Crippen molar-refractivity contribution in [1.29, 1.82) is 0 Å². The lowest BCUT2D eigenvalue weighted by atomic mass is 10.00. The van der Waals surface area contributed by atoms with Gasteiger partial charge in [0.15, 0.2) is 0 Å². The van der Waals surface area contributed by atoms with Crippen LogP contribution in [0.2, 0.25) is 5.02 Å². The second-order valence-corrected chi connectivity index (χ2v) is 4.59. The Kier molecular flexibility index (Phi) is 3.64. The Hall–Kier alpha value is -1.45.